The summed E-state index contributed by atoms with van der Waals surface area (Å²) in [6, 6.07) is 19.5. The Bertz CT molecular complexity index is 673. The zero-order valence-corrected chi connectivity index (χ0v) is 14.1. The summed E-state index contributed by atoms with van der Waals surface area (Å²) >= 11 is 0. The van der Waals surface area contributed by atoms with Crippen molar-refractivity contribution < 1.29 is 5.11 Å². The SMILES string of the molecule is OC(CN1CCN2CCc3ccccc3CC2C1)c1ccccc1. The van der Waals surface area contributed by atoms with E-state index in [2.05, 4.69) is 34.1 Å². The Balaban J connectivity index is 1.43. The van der Waals surface area contributed by atoms with E-state index < -0.39 is 6.10 Å². The molecule has 2 unspecified atom stereocenters. The number of β-amino-alcohol motifs (C(OH)–C–C–N with tert-alkyl or cyclic N) is 1. The molecule has 0 bridgehead atoms. The number of piperazine rings is 1. The summed E-state index contributed by atoms with van der Waals surface area (Å²) in [5, 5.41) is 10.5. The van der Waals surface area contributed by atoms with E-state index in [1.807, 2.05) is 30.3 Å². The highest BCUT2D eigenvalue weighted by atomic mass is 16.3. The molecule has 1 N–H and O–H groups in total. The zero-order valence-electron chi connectivity index (χ0n) is 14.1. The van der Waals surface area contributed by atoms with Gasteiger partial charge in [0.15, 0.2) is 0 Å². The predicted molar refractivity (Wildman–Crippen MR) is 97.1 cm³/mol. The van der Waals surface area contributed by atoms with Crippen LogP contribution in [0.1, 0.15) is 22.8 Å². The maximum Gasteiger partial charge on any atom is 0.0916 e. The van der Waals surface area contributed by atoms with E-state index in [0.29, 0.717) is 6.04 Å². The standard InChI is InChI=1S/C21H26N2O/c24-21(18-7-2-1-3-8-18)16-22-12-13-23-11-10-17-6-4-5-9-19(17)14-20(23)15-22/h1-9,20-21,24H,10-16H2. The van der Waals surface area contributed by atoms with E-state index >= 15 is 0 Å². The zero-order chi connectivity index (χ0) is 16.4. The minimum Gasteiger partial charge on any atom is -0.387 e. The van der Waals surface area contributed by atoms with E-state index in [4.69, 9.17) is 0 Å². The van der Waals surface area contributed by atoms with Crippen molar-refractivity contribution in [2.24, 2.45) is 0 Å². The smallest absolute Gasteiger partial charge is 0.0916 e. The van der Waals surface area contributed by atoms with Crippen LogP contribution in [-0.4, -0.2) is 53.7 Å². The van der Waals surface area contributed by atoms with E-state index in [-0.39, 0.29) is 0 Å². The number of benzene rings is 2. The van der Waals surface area contributed by atoms with E-state index in [1.54, 1.807) is 0 Å². The number of hydrogen-bond acceptors (Lipinski definition) is 3. The van der Waals surface area contributed by atoms with E-state index in [1.165, 1.54) is 17.5 Å². The third-order valence-corrected chi connectivity index (χ3v) is 5.55. The summed E-state index contributed by atoms with van der Waals surface area (Å²) in [4.78, 5) is 5.08. The molecule has 2 aliphatic heterocycles. The van der Waals surface area contributed by atoms with Gasteiger partial charge in [-0.25, -0.2) is 0 Å². The van der Waals surface area contributed by atoms with Gasteiger partial charge < -0.3 is 5.11 Å². The summed E-state index contributed by atoms with van der Waals surface area (Å²) in [5.41, 5.74) is 4.05. The number of fused-ring (bicyclic) bond motifs is 2. The molecule has 0 aromatic heterocycles. The third-order valence-electron chi connectivity index (χ3n) is 5.55. The lowest BCUT2D eigenvalue weighted by molar-refractivity contribution is 0.0419. The van der Waals surface area contributed by atoms with Crippen molar-refractivity contribution in [3.63, 3.8) is 0 Å². The van der Waals surface area contributed by atoms with Gasteiger partial charge in [-0.2, -0.15) is 0 Å². The molecule has 24 heavy (non-hydrogen) atoms. The Hall–Kier alpha value is -1.68. The Morgan fingerprint density at radius 2 is 1.67 bits per heavy atom. The highest BCUT2D eigenvalue weighted by Crippen LogP contribution is 2.24. The van der Waals surface area contributed by atoms with Crippen molar-refractivity contribution in [2.75, 3.05) is 32.7 Å². The van der Waals surface area contributed by atoms with Crippen LogP contribution in [0.4, 0.5) is 0 Å². The maximum atomic E-state index is 10.5. The molecule has 0 saturated carbocycles. The quantitative estimate of drug-likeness (QED) is 0.940. The molecule has 0 aliphatic carbocycles. The molecule has 1 saturated heterocycles. The molecule has 2 heterocycles. The fourth-order valence-electron chi connectivity index (χ4n) is 4.15. The van der Waals surface area contributed by atoms with Gasteiger partial charge in [-0.3, -0.25) is 9.80 Å². The first-order valence-corrected chi connectivity index (χ1v) is 9.06. The molecule has 1 fully saturated rings. The molecule has 0 amide bonds. The molecule has 2 aromatic carbocycles. The number of hydrogen-bond donors (Lipinski definition) is 1. The molecule has 4 rings (SSSR count). The lowest BCUT2D eigenvalue weighted by atomic mass is 9.99. The highest BCUT2D eigenvalue weighted by Gasteiger charge is 2.30. The van der Waals surface area contributed by atoms with Gasteiger partial charge in [0.25, 0.3) is 0 Å². The monoisotopic (exact) mass is 322 g/mol. The van der Waals surface area contributed by atoms with Crippen LogP contribution in [0.25, 0.3) is 0 Å². The van der Waals surface area contributed by atoms with Crippen LogP contribution < -0.4 is 0 Å². The second-order valence-corrected chi connectivity index (χ2v) is 7.10. The van der Waals surface area contributed by atoms with Crippen LogP contribution in [0.5, 0.6) is 0 Å². The van der Waals surface area contributed by atoms with Crippen LogP contribution in [0.3, 0.4) is 0 Å². The molecule has 2 aliphatic rings. The fraction of sp³-hybridized carbons (Fsp3) is 0.429. The lowest BCUT2D eigenvalue weighted by Crippen LogP contribution is -2.54. The van der Waals surface area contributed by atoms with Crippen molar-refractivity contribution in [3.8, 4) is 0 Å². The Labute approximate surface area is 144 Å². The Kier molecular flexibility index (Phi) is 4.65. The van der Waals surface area contributed by atoms with Crippen molar-refractivity contribution in [1.82, 2.24) is 9.80 Å². The molecule has 2 atom stereocenters. The van der Waals surface area contributed by atoms with Crippen LogP contribution in [0.15, 0.2) is 54.6 Å². The highest BCUT2D eigenvalue weighted by molar-refractivity contribution is 5.29. The van der Waals surface area contributed by atoms with Gasteiger partial charge in [-0.1, -0.05) is 54.6 Å². The topological polar surface area (TPSA) is 26.7 Å². The molecular formula is C21H26N2O. The van der Waals surface area contributed by atoms with Crippen LogP contribution in [0.2, 0.25) is 0 Å². The largest absolute Gasteiger partial charge is 0.387 e. The summed E-state index contributed by atoms with van der Waals surface area (Å²) in [6.45, 7) is 5.11. The first-order valence-electron chi connectivity index (χ1n) is 9.06. The number of aliphatic hydroxyl groups is 1. The van der Waals surface area contributed by atoms with Gasteiger partial charge in [-0.15, -0.1) is 0 Å². The average Bonchev–Trinajstić information content (AvgIpc) is 2.81. The first kappa shape index (κ1) is 15.8. The minimum atomic E-state index is -0.393. The maximum absolute atomic E-state index is 10.5. The summed E-state index contributed by atoms with van der Waals surface area (Å²) in [7, 11) is 0. The van der Waals surface area contributed by atoms with Crippen LogP contribution in [0, 0.1) is 0 Å². The van der Waals surface area contributed by atoms with Gasteiger partial charge in [-0.05, 0) is 29.5 Å². The summed E-state index contributed by atoms with van der Waals surface area (Å²) in [5.74, 6) is 0. The van der Waals surface area contributed by atoms with Gasteiger partial charge in [0.2, 0.25) is 0 Å². The van der Waals surface area contributed by atoms with Crippen molar-refractivity contribution in [1.29, 1.82) is 0 Å². The number of nitrogens with zero attached hydrogens (tertiary/aromatic N) is 2. The van der Waals surface area contributed by atoms with Crippen molar-refractivity contribution >= 4 is 0 Å². The van der Waals surface area contributed by atoms with E-state index in [9.17, 15) is 5.11 Å². The lowest BCUT2D eigenvalue weighted by Gasteiger charge is -2.41. The molecular weight excluding hydrogens is 296 g/mol. The number of rotatable bonds is 3. The second-order valence-electron chi connectivity index (χ2n) is 7.10. The third kappa shape index (κ3) is 3.39. The number of aliphatic hydroxyl groups excluding tert-OH is 1. The summed E-state index contributed by atoms with van der Waals surface area (Å²) < 4.78 is 0. The molecule has 0 radical (unpaired) electrons. The fourth-order valence-corrected chi connectivity index (χ4v) is 4.15. The average molecular weight is 322 g/mol. The minimum absolute atomic E-state index is 0.393. The molecule has 0 spiro atoms. The van der Waals surface area contributed by atoms with Gasteiger partial charge in [0, 0.05) is 38.8 Å². The van der Waals surface area contributed by atoms with Gasteiger partial charge >= 0.3 is 0 Å². The van der Waals surface area contributed by atoms with Crippen molar-refractivity contribution in [3.05, 3.63) is 71.3 Å². The Morgan fingerprint density at radius 1 is 0.917 bits per heavy atom. The summed E-state index contributed by atoms with van der Waals surface area (Å²) in [6.07, 6.45) is 1.91. The Morgan fingerprint density at radius 3 is 2.50 bits per heavy atom. The van der Waals surface area contributed by atoms with Crippen molar-refractivity contribution in [2.45, 2.75) is 25.0 Å². The molecule has 3 heteroatoms. The normalized spacial score (nSPS) is 23.1. The first-order chi connectivity index (χ1) is 11.8. The molecule has 2 aromatic rings. The second kappa shape index (κ2) is 7.06. The molecule has 126 valence electrons. The molecule has 3 nitrogen and oxygen atoms in total. The van der Waals surface area contributed by atoms with Gasteiger partial charge in [0.05, 0.1) is 6.10 Å². The van der Waals surface area contributed by atoms with Gasteiger partial charge in [0.1, 0.15) is 0 Å². The van der Waals surface area contributed by atoms with Crippen LogP contribution in [-0.2, 0) is 12.8 Å². The predicted octanol–water partition coefficient (Wildman–Crippen LogP) is 2.51. The van der Waals surface area contributed by atoms with Crippen LogP contribution >= 0.6 is 0 Å². The van der Waals surface area contributed by atoms with E-state index in [0.717, 1.165) is 44.7 Å².